The highest BCUT2D eigenvalue weighted by molar-refractivity contribution is 5.86. The average Bonchev–Trinajstić information content (AvgIpc) is 2.72. The first-order valence-electron chi connectivity index (χ1n) is 10.9. The molecule has 2 N–H and O–H groups in total. The minimum atomic E-state index is -0.328. The predicted molar refractivity (Wildman–Crippen MR) is 126 cm³/mol. The number of nitrogens with zero attached hydrogens (tertiary/aromatic N) is 2. The molecule has 0 aromatic heterocycles. The van der Waals surface area contributed by atoms with Gasteiger partial charge in [-0.15, -0.1) is 0 Å². The van der Waals surface area contributed by atoms with Crippen molar-refractivity contribution in [1.29, 1.82) is 5.26 Å². The van der Waals surface area contributed by atoms with E-state index in [0.717, 1.165) is 30.4 Å². The Labute approximate surface area is 186 Å². The van der Waals surface area contributed by atoms with Gasteiger partial charge in [-0.3, -0.25) is 4.79 Å². The molecular weight excluding hydrogens is 384 g/mol. The number of hydrogen-bond acceptors (Lipinski definition) is 3. The highest BCUT2D eigenvalue weighted by Gasteiger charge is 2.27. The van der Waals surface area contributed by atoms with Crippen LogP contribution in [0.25, 0.3) is 0 Å². The molecule has 0 aliphatic carbocycles. The number of amidine groups is 1. The highest BCUT2D eigenvalue weighted by atomic mass is 16.1. The van der Waals surface area contributed by atoms with Gasteiger partial charge in [0, 0.05) is 18.3 Å². The minimum Gasteiger partial charge on any atom is -0.352 e. The second-order valence-corrected chi connectivity index (χ2v) is 8.97. The Balaban J connectivity index is 1.93. The number of aliphatic imine (C=N–C) groups is 1. The van der Waals surface area contributed by atoms with Crippen LogP contribution in [-0.2, 0) is 17.6 Å². The van der Waals surface area contributed by atoms with Crippen molar-refractivity contribution < 1.29 is 4.79 Å². The van der Waals surface area contributed by atoms with E-state index in [1.807, 2.05) is 55.6 Å². The van der Waals surface area contributed by atoms with E-state index in [1.54, 1.807) is 0 Å². The molecule has 0 aliphatic rings. The van der Waals surface area contributed by atoms with E-state index in [-0.39, 0.29) is 17.5 Å². The molecule has 2 rings (SSSR count). The highest BCUT2D eigenvalue weighted by Crippen LogP contribution is 2.18. The molecule has 1 amide bonds. The molecular formula is C26H34N4O. The largest absolute Gasteiger partial charge is 0.352 e. The molecule has 0 bridgehead atoms. The number of nitriles is 1. The van der Waals surface area contributed by atoms with Crippen molar-refractivity contribution in [2.75, 3.05) is 0 Å². The van der Waals surface area contributed by atoms with E-state index in [1.165, 1.54) is 5.56 Å². The second kappa shape index (κ2) is 11.9. The number of rotatable bonds is 9. The zero-order valence-corrected chi connectivity index (χ0v) is 19.1. The van der Waals surface area contributed by atoms with Gasteiger partial charge in [-0.05, 0) is 42.9 Å². The van der Waals surface area contributed by atoms with Crippen LogP contribution in [0.2, 0.25) is 0 Å². The minimum absolute atomic E-state index is 0.00712. The molecule has 5 heteroatoms. The van der Waals surface area contributed by atoms with E-state index < -0.39 is 0 Å². The van der Waals surface area contributed by atoms with Crippen molar-refractivity contribution >= 4 is 11.7 Å². The Morgan fingerprint density at radius 3 is 2.35 bits per heavy atom. The lowest BCUT2D eigenvalue weighted by Gasteiger charge is -2.33. The van der Waals surface area contributed by atoms with E-state index in [2.05, 4.69) is 48.5 Å². The number of hydrogen-bond donors (Lipinski definition) is 2. The van der Waals surface area contributed by atoms with E-state index in [9.17, 15) is 4.79 Å². The first kappa shape index (κ1) is 24.1. The summed E-state index contributed by atoms with van der Waals surface area (Å²) in [4.78, 5) is 16.6. The first-order chi connectivity index (χ1) is 14.8. The lowest BCUT2D eigenvalue weighted by molar-refractivity contribution is -0.122. The summed E-state index contributed by atoms with van der Waals surface area (Å²) in [5.74, 6) is 0.564. The molecule has 2 aromatic carbocycles. The van der Waals surface area contributed by atoms with Crippen molar-refractivity contribution in [1.82, 2.24) is 10.6 Å². The molecule has 0 aliphatic heterocycles. The van der Waals surface area contributed by atoms with Crippen LogP contribution in [0.5, 0.6) is 0 Å². The molecule has 164 valence electrons. The van der Waals surface area contributed by atoms with Gasteiger partial charge in [0.1, 0.15) is 12.0 Å². The molecule has 31 heavy (non-hydrogen) atoms. The van der Waals surface area contributed by atoms with E-state index in [4.69, 9.17) is 5.26 Å². The molecule has 2 aromatic rings. The lowest BCUT2D eigenvalue weighted by atomic mass is 9.91. The Hall–Kier alpha value is -3.13. The fraction of sp³-hybridized carbons (Fsp3) is 0.423. The third-order valence-electron chi connectivity index (χ3n) is 5.25. The Morgan fingerprint density at radius 2 is 1.71 bits per heavy atom. The average molecular weight is 419 g/mol. The summed E-state index contributed by atoms with van der Waals surface area (Å²) >= 11 is 0. The third-order valence-corrected chi connectivity index (χ3v) is 5.25. The maximum Gasteiger partial charge on any atom is 0.221 e. The predicted octanol–water partition coefficient (Wildman–Crippen LogP) is 4.91. The fourth-order valence-electron chi connectivity index (χ4n) is 3.30. The van der Waals surface area contributed by atoms with Crippen LogP contribution < -0.4 is 10.6 Å². The molecule has 0 saturated carbocycles. The zero-order valence-electron chi connectivity index (χ0n) is 19.1. The van der Waals surface area contributed by atoms with Crippen LogP contribution in [0, 0.1) is 23.8 Å². The number of nitrogens with one attached hydrogen (secondary N) is 2. The molecule has 0 fully saturated rings. The molecule has 0 heterocycles. The van der Waals surface area contributed by atoms with Gasteiger partial charge < -0.3 is 10.6 Å². The van der Waals surface area contributed by atoms with E-state index in [0.29, 0.717) is 18.7 Å². The van der Waals surface area contributed by atoms with Gasteiger partial charge in [-0.1, -0.05) is 75.4 Å². The summed E-state index contributed by atoms with van der Waals surface area (Å²) in [7, 11) is 0. The summed E-state index contributed by atoms with van der Waals surface area (Å²) in [6, 6.07) is 18.4. The third kappa shape index (κ3) is 8.64. The molecule has 1 unspecified atom stereocenters. The monoisotopic (exact) mass is 418 g/mol. The number of benzene rings is 2. The Morgan fingerprint density at radius 1 is 1.03 bits per heavy atom. The Kier molecular flexibility index (Phi) is 9.27. The van der Waals surface area contributed by atoms with Crippen LogP contribution in [-0.4, -0.2) is 17.9 Å². The number of aryl methyl sites for hydroxylation is 2. The van der Waals surface area contributed by atoms with Gasteiger partial charge in [0.15, 0.2) is 0 Å². The summed E-state index contributed by atoms with van der Waals surface area (Å²) in [5.41, 5.74) is 3.29. The fourth-order valence-corrected chi connectivity index (χ4v) is 3.30. The van der Waals surface area contributed by atoms with Crippen LogP contribution >= 0.6 is 0 Å². The number of amides is 1. The smallest absolute Gasteiger partial charge is 0.221 e. The normalized spacial score (nSPS) is 12.7. The van der Waals surface area contributed by atoms with Crippen molar-refractivity contribution in [3.8, 4) is 6.19 Å². The van der Waals surface area contributed by atoms with Crippen molar-refractivity contribution in [3.05, 3.63) is 71.3 Å². The zero-order chi connectivity index (χ0) is 22.7. The molecule has 0 spiro atoms. The van der Waals surface area contributed by atoms with Gasteiger partial charge >= 0.3 is 0 Å². The van der Waals surface area contributed by atoms with Crippen LogP contribution in [0.1, 0.15) is 56.7 Å². The van der Waals surface area contributed by atoms with Crippen LogP contribution in [0.3, 0.4) is 0 Å². The first-order valence-corrected chi connectivity index (χ1v) is 10.9. The molecule has 0 saturated heterocycles. The van der Waals surface area contributed by atoms with Crippen molar-refractivity contribution in [3.63, 3.8) is 0 Å². The van der Waals surface area contributed by atoms with Gasteiger partial charge in [0.2, 0.25) is 12.1 Å². The lowest BCUT2D eigenvalue weighted by Crippen LogP contribution is -2.55. The summed E-state index contributed by atoms with van der Waals surface area (Å²) in [6.07, 6.45) is 5.33. The number of unbranched alkanes of at least 4 members (excludes halogenated alkanes) is 1. The van der Waals surface area contributed by atoms with Gasteiger partial charge in [0.25, 0.3) is 0 Å². The SMILES string of the molecule is Cc1ccccc1C/C(=N\C#N)NC(NC(=O)CCCCc1ccccc1)C(C)(C)C. The maximum atomic E-state index is 12.6. The van der Waals surface area contributed by atoms with Gasteiger partial charge in [0.05, 0.1) is 0 Å². The summed E-state index contributed by atoms with van der Waals surface area (Å²) in [5, 5.41) is 15.6. The standard InChI is InChI=1S/C26H34N4O/c1-20-12-8-10-16-22(20)18-23(28-19-27)29-25(26(2,3)4)30-24(31)17-11-9-15-21-13-6-5-7-14-21/h5-8,10,12-14,16,25H,9,11,15,17-18H2,1-4H3,(H,28,29)(H,30,31). The topological polar surface area (TPSA) is 77.3 Å². The summed E-state index contributed by atoms with van der Waals surface area (Å²) in [6.45, 7) is 8.20. The van der Waals surface area contributed by atoms with Gasteiger partial charge in [-0.2, -0.15) is 10.3 Å². The van der Waals surface area contributed by atoms with Gasteiger partial charge in [-0.25, -0.2) is 0 Å². The second-order valence-electron chi connectivity index (χ2n) is 8.97. The maximum absolute atomic E-state index is 12.6. The van der Waals surface area contributed by atoms with Crippen LogP contribution in [0.15, 0.2) is 59.6 Å². The number of carbonyl (C=O) groups is 1. The van der Waals surface area contributed by atoms with Crippen molar-refractivity contribution in [2.45, 2.75) is 66.0 Å². The molecule has 1 atom stereocenters. The summed E-state index contributed by atoms with van der Waals surface area (Å²) < 4.78 is 0. The molecule has 5 nitrogen and oxygen atoms in total. The van der Waals surface area contributed by atoms with Crippen molar-refractivity contribution in [2.24, 2.45) is 10.4 Å². The molecule has 0 radical (unpaired) electrons. The number of carbonyl (C=O) groups excluding carboxylic acids is 1. The quantitative estimate of drug-likeness (QED) is 0.200. The van der Waals surface area contributed by atoms with Crippen LogP contribution in [0.4, 0.5) is 0 Å². The Bertz CT molecular complexity index is 907. The van der Waals surface area contributed by atoms with E-state index >= 15 is 0 Å².